The summed E-state index contributed by atoms with van der Waals surface area (Å²) in [7, 11) is 0. The molecule has 2 rings (SSSR count). The molecule has 0 saturated carbocycles. The summed E-state index contributed by atoms with van der Waals surface area (Å²) in [6.45, 7) is 7.53. The molecule has 22 heavy (non-hydrogen) atoms. The van der Waals surface area contributed by atoms with Crippen LogP contribution >= 0.6 is 0 Å². The molecule has 5 heteroatoms. The first-order chi connectivity index (χ1) is 10.7. The van der Waals surface area contributed by atoms with Crippen molar-refractivity contribution in [3.8, 4) is 11.5 Å². The number of carbonyl (C=O) groups is 1. The number of rotatable bonds is 6. The molecule has 5 nitrogen and oxygen atoms in total. The van der Waals surface area contributed by atoms with Crippen molar-refractivity contribution in [1.82, 2.24) is 10.2 Å². The van der Waals surface area contributed by atoms with Crippen LogP contribution in [-0.2, 0) is 0 Å². The summed E-state index contributed by atoms with van der Waals surface area (Å²) in [5.41, 5.74) is 0. The lowest BCUT2D eigenvalue weighted by Crippen LogP contribution is -2.45. The van der Waals surface area contributed by atoms with E-state index < -0.39 is 0 Å². The average molecular weight is 306 g/mol. The molecule has 122 valence electrons. The van der Waals surface area contributed by atoms with Gasteiger partial charge in [-0.25, -0.2) is 4.79 Å². The highest BCUT2D eigenvalue weighted by atomic mass is 16.5. The Hall–Kier alpha value is -1.91. The number of carbonyl (C=O) groups excluding carboxylic acids is 1. The molecule has 1 fully saturated rings. The maximum atomic E-state index is 12.0. The Kier molecular flexibility index (Phi) is 6.37. The average Bonchev–Trinajstić information content (AvgIpc) is 2.54. The minimum absolute atomic E-state index is 0.0159. The largest absolute Gasteiger partial charge is 0.494 e. The van der Waals surface area contributed by atoms with Crippen LogP contribution in [0.3, 0.4) is 0 Å². The quantitative estimate of drug-likeness (QED) is 0.822. The molecular formula is C17H26N2O3. The molecule has 1 heterocycles. The normalized spacial score (nSPS) is 15.5. The molecule has 1 aliphatic heterocycles. The van der Waals surface area contributed by atoms with Crippen molar-refractivity contribution in [3.05, 3.63) is 24.3 Å². The van der Waals surface area contributed by atoms with Gasteiger partial charge >= 0.3 is 6.03 Å². The molecule has 1 aromatic carbocycles. The van der Waals surface area contributed by atoms with Crippen molar-refractivity contribution in [3.63, 3.8) is 0 Å². The van der Waals surface area contributed by atoms with E-state index >= 15 is 0 Å². The van der Waals surface area contributed by atoms with E-state index in [1.165, 1.54) is 0 Å². The maximum absolute atomic E-state index is 12.0. The monoisotopic (exact) mass is 306 g/mol. The van der Waals surface area contributed by atoms with E-state index in [0.717, 1.165) is 43.3 Å². The summed E-state index contributed by atoms with van der Waals surface area (Å²) in [6.07, 6.45) is 2.19. The van der Waals surface area contributed by atoms with Gasteiger partial charge < -0.3 is 19.7 Å². The fraction of sp³-hybridized carbons (Fsp3) is 0.588. The number of piperidine rings is 1. The second-order valence-corrected chi connectivity index (χ2v) is 5.65. The second-order valence-electron chi connectivity index (χ2n) is 5.65. The van der Waals surface area contributed by atoms with Gasteiger partial charge in [0.15, 0.2) is 0 Å². The maximum Gasteiger partial charge on any atom is 0.317 e. The van der Waals surface area contributed by atoms with Gasteiger partial charge in [-0.15, -0.1) is 0 Å². The predicted octanol–water partition coefficient (Wildman–Crippen LogP) is 2.91. The number of ether oxygens (including phenoxy) is 2. The molecule has 1 N–H and O–H groups in total. The highest BCUT2D eigenvalue weighted by Gasteiger charge is 2.19. The number of amides is 2. The van der Waals surface area contributed by atoms with Crippen molar-refractivity contribution < 1.29 is 14.3 Å². The van der Waals surface area contributed by atoms with E-state index in [1.807, 2.05) is 36.1 Å². The number of nitrogens with one attached hydrogen (secondary N) is 1. The zero-order valence-corrected chi connectivity index (χ0v) is 13.5. The van der Waals surface area contributed by atoms with Gasteiger partial charge in [0.05, 0.1) is 13.2 Å². The summed E-state index contributed by atoms with van der Waals surface area (Å²) in [5.74, 6) is 2.35. The summed E-state index contributed by atoms with van der Waals surface area (Å²) in [5, 5.41) is 2.91. The van der Waals surface area contributed by atoms with E-state index in [-0.39, 0.29) is 6.03 Å². The lowest BCUT2D eigenvalue weighted by molar-refractivity contribution is 0.172. The summed E-state index contributed by atoms with van der Waals surface area (Å²) < 4.78 is 11.0. The smallest absolute Gasteiger partial charge is 0.317 e. The number of hydrogen-bond acceptors (Lipinski definition) is 3. The Morgan fingerprint density at radius 2 is 1.77 bits per heavy atom. The van der Waals surface area contributed by atoms with Crippen LogP contribution in [0.25, 0.3) is 0 Å². The van der Waals surface area contributed by atoms with Crippen LogP contribution in [0.2, 0.25) is 0 Å². The van der Waals surface area contributed by atoms with E-state index in [4.69, 9.17) is 9.47 Å². The molecule has 0 spiro atoms. The summed E-state index contributed by atoms with van der Waals surface area (Å²) in [4.78, 5) is 13.9. The standard InChI is InChI=1S/C17H26N2O3/c1-3-21-15-4-6-16(7-5-15)22-13-10-18-17(20)19-11-8-14(2)9-12-19/h4-7,14H,3,8-13H2,1-2H3,(H,18,20). The van der Waals surface area contributed by atoms with Crippen LogP contribution in [0.15, 0.2) is 24.3 Å². The van der Waals surface area contributed by atoms with Gasteiger partial charge in [-0.05, 0) is 49.9 Å². The molecule has 1 aliphatic rings. The minimum atomic E-state index is 0.0159. The van der Waals surface area contributed by atoms with E-state index in [0.29, 0.717) is 19.8 Å². The molecule has 2 amide bonds. The van der Waals surface area contributed by atoms with Crippen LogP contribution in [0.4, 0.5) is 4.79 Å². The lowest BCUT2D eigenvalue weighted by atomic mass is 10.00. The molecular weight excluding hydrogens is 280 g/mol. The number of benzene rings is 1. The van der Waals surface area contributed by atoms with Crippen molar-refractivity contribution in [1.29, 1.82) is 0 Å². The molecule has 0 aliphatic carbocycles. The van der Waals surface area contributed by atoms with Crippen molar-refractivity contribution in [2.24, 2.45) is 5.92 Å². The molecule has 1 saturated heterocycles. The van der Waals surface area contributed by atoms with Gasteiger partial charge in [-0.1, -0.05) is 6.92 Å². The number of likely N-dealkylation sites (tertiary alicyclic amines) is 1. The zero-order valence-electron chi connectivity index (χ0n) is 13.5. The Balaban J connectivity index is 1.63. The second kappa shape index (κ2) is 8.51. The summed E-state index contributed by atoms with van der Waals surface area (Å²) >= 11 is 0. The minimum Gasteiger partial charge on any atom is -0.494 e. The van der Waals surface area contributed by atoms with Crippen LogP contribution in [0.1, 0.15) is 26.7 Å². The Labute approximate surface area is 132 Å². The fourth-order valence-corrected chi connectivity index (χ4v) is 2.45. The molecule has 1 aromatic rings. The molecule has 0 atom stereocenters. The topological polar surface area (TPSA) is 50.8 Å². The number of nitrogens with zero attached hydrogens (tertiary/aromatic N) is 1. The van der Waals surface area contributed by atoms with Crippen LogP contribution < -0.4 is 14.8 Å². The van der Waals surface area contributed by atoms with E-state index in [9.17, 15) is 4.79 Å². The van der Waals surface area contributed by atoms with E-state index in [1.54, 1.807) is 0 Å². The van der Waals surface area contributed by atoms with Crippen molar-refractivity contribution in [2.75, 3.05) is 32.8 Å². The predicted molar refractivity (Wildman–Crippen MR) is 86.5 cm³/mol. The molecule has 0 radical (unpaired) electrons. The third kappa shape index (κ3) is 5.13. The van der Waals surface area contributed by atoms with Gasteiger partial charge in [-0.2, -0.15) is 0 Å². The van der Waals surface area contributed by atoms with Crippen LogP contribution in [-0.4, -0.2) is 43.8 Å². The van der Waals surface area contributed by atoms with Gasteiger partial charge in [0.25, 0.3) is 0 Å². The third-order valence-corrected chi connectivity index (χ3v) is 3.85. The van der Waals surface area contributed by atoms with Gasteiger partial charge in [-0.3, -0.25) is 0 Å². The van der Waals surface area contributed by atoms with Crippen LogP contribution in [0, 0.1) is 5.92 Å². The fourth-order valence-electron chi connectivity index (χ4n) is 2.45. The number of urea groups is 1. The van der Waals surface area contributed by atoms with E-state index in [2.05, 4.69) is 12.2 Å². The first-order valence-corrected chi connectivity index (χ1v) is 8.07. The Morgan fingerprint density at radius 1 is 1.18 bits per heavy atom. The van der Waals surface area contributed by atoms with Gasteiger partial charge in [0.2, 0.25) is 0 Å². The first kappa shape index (κ1) is 16.5. The highest BCUT2D eigenvalue weighted by Crippen LogP contribution is 2.17. The van der Waals surface area contributed by atoms with Gasteiger partial charge in [0, 0.05) is 13.1 Å². The molecule has 0 unspecified atom stereocenters. The SMILES string of the molecule is CCOc1ccc(OCCNC(=O)N2CCC(C)CC2)cc1. The number of hydrogen-bond donors (Lipinski definition) is 1. The Morgan fingerprint density at radius 3 is 2.36 bits per heavy atom. The van der Waals surface area contributed by atoms with Crippen molar-refractivity contribution >= 4 is 6.03 Å². The Bertz CT molecular complexity index is 453. The molecule has 0 aromatic heterocycles. The van der Waals surface area contributed by atoms with Gasteiger partial charge in [0.1, 0.15) is 18.1 Å². The third-order valence-electron chi connectivity index (χ3n) is 3.85. The first-order valence-electron chi connectivity index (χ1n) is 8.07. The molecule has 0 bridgehead atoms. The highest BCUT2D eigenvalue weighted by molar-refractivity contribution is 5.74. The summed E-state index contributed by atoms with van der Waals surface area (Å²) in [6, 6.07) is 7.53. The zero-order chi connectivity index (χ0) is 15.8. The van der Waals surface area contributed by atoms with Crippen molar-refractivity contribution in [2.45, 2.75) is 26.7 Å². The van der Waals surface area contributed by atoms with Crippen LogP contribution in [0.5, 0.6) is 11.5 Å². The lowest BCUT2D eigenvalue weighted by Gasteiger charge is -2.30.